The average molecular weight is 473 g/mol. The summed E-state index contributed by atoms with van der Waals surface area (Å²) >= 11 is 0. The van der Waals surface area contributed by atoms with Gasteiger partial charge >= 0.3 is 0 Å². The molecular weight excluding hydrogens is 432 g/mol. The normalized spacial score (nSPS) is 26.3. The van der Waals surface area contributed by atoms with Crippen LogP contribution in [0.4, 0.5) is 0 Å². The van der Waals surface area contributed by atoms with Crippen molar-refractivity contribution in [2.45, 2.75) is 89.6 Å². The monoisotopic (exact) mass is 472 g/mol. The fraction of sp³-hybridized carbons (Fsp3) is 0.556. The SMILES string of the molecule is C[C@@H]1OC(COCc2ccccc2)[C@H](OCc2ccccc2)[C@H](O)C1O[Si](C)(C)C(C)(C)C. The number of ether oxygens (including phenoxy) is 3. The third-order valence-corrected chi connectivity index (χ3v) is 11.3. The van der Waals surface area contributed by atoms with Crippen LogP contribution >= 0.6 is 0 Å². The van der Waals surface area contributed by atoms with Crippen LogP contribution in [-0.4, -0.2) is 50.6 Å². The molecule has 0 aliphatic carbocycles. The van der Waals surface area contributed by atoms with Gasteiger partial charge in [0.05, 0.1) is 32.0 Å². The van der Waals surface area contributed by atoms with E-state index in [1.165, 1.54) is 0 Å². The standard InChI is InChI=1S/C27H40O5Si/c1-20-25(32-33(5,6)27(2,3)4)24(28)26(30-18-22-15-11-8-12-16-22)23(31-20)19-29-17-21-13-9-7-10-14-21/h7-16,20,23-26,28H,17-19H2,1-6H3/t20-,23?,24+,25?,26-/m0/s1. The highest BCUT2D eigenvalue weighted by Gasteiger charge is 2.49. The molecule has 0 saturated carbocycles. The number of aliphatic hydroxyl groups is 1. The molecule has 1 heterocycles. The summed E-state index contributed by atoms with van der Waals surface area (Å²) in [7, 11) is -2.11. The van der Waals surface area contributed by atoms with Gasteiger partial charge in [0.25, 0.3) is 0 Å². The lowest BCUT2D eigenvalue weighted by Crippen LogP contribution is -2.62. The highest BCUT2D eigenvalue weighted by atomic mass is 28.4. The molecule has 1 fully saturated rings. The van der Waals surface area contributed by atoms with Crippen molar-refractivity contribution in [3.05, 3.63) is 71.8 Å². The lowest BCUT2D eigenvalue weighted by molar-refractivity contribution is -0.240. The second kappa shape index (κ2) is 11.3. The van der Waals surface area contributed by atoms with E-state index in [0.29, 0.717) is 19.8 Å². The van der Waals surface area contributed by atoms with Crippen molar-refractivity contribution in [2.75, 3.05) is 6.61 Å². The van der Waals surface area contributed by atoms with E-state index in [9.17, 15) is 5.11 Å². The van der Waals surface area contributed by atoms with E-state index in [1.54, 1.807) is 0 Å². The Labute approximate surface area is 200 Å². The van der Waals surface area contributed by atoms with Crippen LogP contribution in [0.2, 0.25) is 18.1 Å². The van der Waals surface area contributed by atoms with Crippen LogP contribution in [0.3, 0.4) is 0 Å². The van der Waals surface area contributed by atoms with Gasteiger partial charge in [-0.3, -0.25) is 0 Å². The van der Waals surface area contributed by atoms with Crippen LogP contribution in [0.15, 0.2) is 60.7 Å². The van der Waals surface area contributed by atoms with Gasteiger partial charge in [0.15, 0.2) is 8.32 Å². The molecule has 2 unspecified atom stereocenters. The molecule has 2 aromatic carbocycles. The van der Waals surface area contributed by atoms with Gasteiger partial charge < -0.3 is 23.7 Å². The Morgan fingerprint density at radius 1 is 0.879 bits per heavy atom. The Morgan fingerprint density at radius 3 is 1.97 bits per heavy atom. The molecule has 0 spiro atoms. The van der Waals surface area contributed by atoms with Crippen molar-refractivity contribution in [3.8, 4) is 0 Å². The highest BCUT2D eigenvalue weighted by molar-refractivity contribution is 6.74. The molecule has 182 valence electrons. The van der Waals surface area contributed by atoms with Crippen molar-refractivity contribution in [1.29, 1.82) is 0 Å². The highest BCUT2D eigenvalue weighted by Crippen LogP contribution is 2.39. The minimum absolute atomic E-state index is 0.0302. The number of aliphatic hydroxyl groups excluding tert-OH is 1. The summed E-state index contributed by atoms with van der Waals surface area (Å²) in [6.07, 6.45) is -2.46. The molecule has 1 saturated heterocycles. The van der Waals surface area contributed by atoms with Crippen LogP contribution in [0, 0.1) is 0 Å². The fourth-order valence-corrected chi connectivity index (χ4v) is 5.14. The molecule has 1 aliphatic heterocycles. The van der Waals surface area contributed by atoms with Crippen LogP contribution in [-0.2, 0) is 31.9 Å². The number of hydrogen-bond donors (Lipinski definition) is 1. The van der Waals surface area contributed by atoms with Gasteiger partial charge in [0, 0.05) is 0 Å². The lowest BCUT2D eigenvalue weighted by Gasteiger charge is -2.48. The second-order valence-electron chi connectivity index (χ2n) is 10.5. The largest absolute Gasteiger partial charge is 0.409 e. The van der Waals surface area contributed by atoms with Crippen LogP contribution in [0.1, 0.15) is 38.8 Å². The van der Waals surface area contributed by atoms with Crippen LogP contribution in [0.25, 0.3) is 0 Å². The van der Waals surface area contributed by atoms with Crippen molar-refractivity contribution in [2.24, 2.45) is 0 Å². The maximum atomic E-state index is 11.4. The predicted molar refractivity (Wildman–Crippen MR) is 134 cm³/mol. The van der Waals surface area contributed by atoms with E-state index >= 15 is 0 Å². The third kappa shape index (κ3) is 6.98. The Bertz CT molecular complexity index is 837. The molecule has 0 amide bonds. The smallest absolute Gasteiger partial charge is 0.192 e. The van der Waals surface area contributed by atoms with E-state index in [1.807, 2.05) is 67.6 Å². The van der Waals surface area contributed by atoms with Gasteiger partial charge in [-0.15, -0.1) is 0 Å². The molecule has 33 heavy (non-hydrogen) atoms. The van der Waals surface area contributed by atoms with E-state index in [-0.39, 0.29) is 17.2 Å². The maximum Gasteiger partial charge on any atom is 0.192 e. The van der Waals surface area contributed by atoms with Crippen LogP contribution in [0.5, 0.6) is 0 Å². The summed E-state index contributed by atoms with van der Waals surface area (Å²) < 4.78 is 25.2. The summed E-state index contributed by atoms with van der Waals surface area (Å²) in [4.78, 5) is 0. The molecular formula is C27H40O5Si. The molecule has 1 aliphatic rings. The topological polar surface area (TPSA) is 57.2 Å². The van der Waals surface area contributed by atoms with Gasteiger partial charge in [-0.2, -0.15) is 0 Å². The Morgan fingerprint density at radius 2 is 1.42 bits per heavy atom. The Hall–Kier alpha value is -1.54. The minimum atomic E-state index is -2.11. The molecule has 5 nitrogen and oxygen atoms in total. The first-order valence-electron chi connectivity index (χ1n) is 11.9. The van der Waals surface area contributed by atoms with E-state index in [0.717, 1.165) is 11.1 Å². The zero-order valence-corrected chi connectivity index (χ0v) is 21.9. The van der Waals surface area contributed by atoms with E-state index in [2.05, 4.69) is 33.9 Å². The number of rotatable bonds is 9. The van der Waals surface area contributed by atoms with Gasteiger partial charge in [0.1, 0.15) is 18.3 Å². The van der Waals surface area contributed by atoms with Gasteiger partial charge in [-0.05, 0) is 36.2 Å². The summed E-state index contributed by atoms with van der Waals surface area (Å²) in [5, 5.41) is 11.5. The van der Waals surface area contributed by atoms with E-state index < -0.39 is 26.6 Å². The van der Waals surface area contributed by atoms with Crippen molar-refractivity contribution < 1.29 is 23.7 Å². The predicted octanol–water partition coefficient (Wildman–Crippen LogP) is 5.33. The van der Waals surface area contributed by atoms with Gasteiger partial charge in [0.2, 0.25) is 0 Å². The maximum absolute atomic E-state index is 11.4. The van der Waals surface area contributed by atoms with Crippen LogP contribution < -0.4 is 0 Å². The quantitative estimate of drug-likeness (QED) is 0.500. The molecule has 5 atom stereocenters. The molecule has 0 bridgehead atoms. The van der Waals surface area contributed by atoms with Gasteiger partial charge in [-0.1, -0.05) is 81.4 Å². The molecule has 3 rings (SSSR count). The first-order chi connectivity index (χ1) is 15.6. The van der Waals surface area contributed by atoms with Crippen molar-refractivity contribution in [1.82, 2.24) is 0 Å². The summed E-state index contributed by atoms with van der Waals surface area (Å²) in [6, 6.07) is 20.0. The zero-order valence-electron chi connectivity index (χ0n) is 20.9. The first-order valence-corrected chi connectivity index (χ1v) is 14.8. The number of hydrogen-bond acceptors (Lipinski definition) is 5. The Kier molecular flexibility index (Phi) is 8.89. The molecule has 2 aromatic rings. The number of benzene rings is 2. The van der Waals surface area contributed by atoms with E-state index in [4.69, 9.17) is 18.6 Å². The molecule has 1 N–H and O–H groups in total. The fourth-order valence-electron chi connectivity index (χ4n) is 3.77. The average Bonchev–Trinajstić information content (AvgIpc) is 2.77. The van der Waals surface area contributed by atoms with Gasteiger partial charge in [-0.25, -0.2) is 0 Å². The Balaban J connectivity index is 1.72. The summed E-state index contributed by atoms with van der Waals surface area (Å²) in [6.45, 7) is 14.2. The molecule has 0 aromatic heterocycles. The lowest BCUT2D eigenvalue weighted by atomic mass is 9.95. The van der Waals surface area contributed by atoms with Crippen molar-refractivity contribution in [3.63, 3.8) is 0 Å². The molecule has 0 radical (unpaired) electrons. The zero-order chi connectivity index (χ0) is 24.1. The third-order valence-electron chi connectivity index (χ3n) is 6.81. The second-order valence-corrected chi connectivity index (χ2v) is 15.2. The minimum Gasteiger partial charge on any atom is -0.409 e. The van der Waals surface area contributed by atoms with Crippen molar-refractivity contribution >= 4 is 8.32 Å². The molecule has 6 heteroatoms. The summed E-state index contributed by atoms with van der Waals surface area (Å²) in [5.74, 6) is 0. The summed E-state index contributed by atoms with van der Waals surface area (Å²) in [5.41, 5.74) is 2.15. The first kappa shape index (κ1) is 26.1.